The number of carbonyl (C=O) groups is 2. The van der Waals surface area contributed by atoms with Crippen molar-refractivity contribution >= 4 is 39.1 Å². The molecule has 174 valence electrons. The number of hydrogen-bond donors (Lipinski definition) is 1. The molecule has 0 unspecified atom stereocenters. The summed E-state index contributed by atoms with van der Waals surface area (Å²) in [4.78, 5) is 27.1. The Morgan fingerprint density at radius 2 is 1.72 bits per heavy atom. The van der Waals surface area contributed by atoms with Crippen LogP contribution in [0.25, 0.3) is 0 Å². The number of carbonyl (C=O) groups excluding carboxylic acids is 2. The van der Waals surface area contributed by atoms with Crippen molar-refractivity contribution in [2.75, 3.05) is 24.2 Å². The smallest absolute Gasteiger partial charge is 0.244 e. The van der Waals surface area contributed by atoms with Crippen LogP contribution in [0.1, 0.15) is 37.8 Å². The lowest BCUT2D eigenvalue weighted by Gasteiger charge is -2.32. The molecular weight excluding hydrogens is 450 g/mol. The Morgan fingerprint density at radius 3 is 2.28 bits per heavy atom. The van der Waals surface area contributed by atoms with Crippen LogP contribution in [0.2, 0.25) is 5.02 Å². The van der Waals surface area contributed by atoms with Crippen molar-refractivity contribution in [1.29, 1.82) is 0 Å². The second-order valence-electron chi connectivity index (χ2n) is 7.92. The normalized spacial score (nSPS) is 12.3. The number of hydrogen-bond acceptors (Lipinski definition) is 4. The lowest BCUT2D eigenvalue weighted by atomic mass is 10.0. The van der Waals surface area contributed by atoms with E-state index in [0.29, 0.717) is 10.7 Å². The van der Waals surface area contributed by atoms with E-state index in [4.69, 9.17) is 11.6 Å². The van der Waals surface area contributed by atoms with Gasteiger partial charge in [-0.3, -0.25) is 13.9 Å². The highest BCUT2D eigenvalue weighted by atomic mass is 35.5. The van der Waals surface area contributed by atoms with Crippen molar-refractivity contribution < 1.29 is 18.0 Å². The van der Waals surface area contributed by atoms with Crippen LogP contribution in [0.15, 0.2) is 48.5 Å². The van der Waals surface area contributed by atoms with Gasteiger partial charge in [0.15, 0.2) is 0 Å². The molecule has 2 amide bonds. The third-order valence-corrected chi connectivity index (χ3v) is 6.52. The van der Waals surface area contributed by atoms with Gasteiger partial charge in [0.05, 0.1) is 11.9 Å². The van der Waals surface area contributed by atoms with E-state index in [9.17, 15) is 18.0 Å². The SMILES string of the molecule is CNC(=O)[C@H](C)N(Cc1cccc(Cl)c1)C(=O)CN(c1ccccc1C(C)C)S(C)(=O)=O. The molecule has 0 aliphatic carbocycles. The maximum atomic E-state index is 13.4. The zero-order valence-electron chi connectivity index (χ0n) is 19.0. The Labute approximate surface area is 195 Å². The highest BCUT2D eigenvalue weighted by Gasteiger charge is 2.30. The third kappa shape index (κ3) is 6.46. The standard InChI is InChI=1S/C23H30ClN3O4S/c1-16(2)20-11-6-7-12-21(20)27(32(5,30)31)15-22(28)26(17(3)23(29)25-4)14-18-9-8-10-19(24)13-18/h6-13,16-17H,14-15H2,1-5H3,(H,25,29)/t17-/m0/s1. The minimum Gasteiger partial charge on any atom is -0.357 e. The summed E-state index contributed by atoms with van der Waals surface area (Å²) in [6, 6.07) is 13.3. The van der Waals surface area contributed by atoms with Crippen LogP contribution >= 0.6 is 11.6 Å². The number of halogens is 1. The molecule has 2 aromatic rings. The molecule has 1 atom stereocenters. The maximum Gasteiger partial charge on any atom is 0.244 e. The first-order valence-corrected chi connectivity index (χ1v) is 12.5. The van der Waals surface area contributed by atoms with Gasteiger partial charge >= 0.3 is 0 Å². The van der Waals surface area contributed by atoms with Crippen LogP contribution in [0.4, 0.5) is 5.69 Å². The van der Waals surface area contributed by atoms with Gasteiger partial charge in [-0.05, 0) is 42.2 Å². The van der Waals surface area contributed by atoms with Crippen LogP contribution in [-0.2, 0) is 26.2 Å². The van der Waals surface area contributed by atoms with E-state index in [1.165, 1.54) is 11.9 Å². The fourth-order valence-corrected chi connectivity index (χ4v) is 4.50. The van der Waals surface area contributed by atoms with E-state index < -0.39 is 28.5 Å². The molecule has 2 aromatic carbocycles. The number of nitrogens with one attached hydrogen (secondary N) is 1. The van der Waals surface area contributed by atoms with Crippen LogP contribution in [0.5, 0.6) is 0 Å². The lowest BCUT2D eigenvalue weighted by molar-refractivity contribution is -0.139. The van der Waals surface area contributed by atoms with Crippen LogP contribution < -0.4 is 9.62 Å². The molecule has 0 heterocycles. The molecule has 9 heteroatoms. The first-order valence-electron chi connectivity index (χ1n) is 10.3. The number of nitrogens with zero attached hydrogens (tertiary/aromatic N) is 2. The monoisotopic (exact) mass is 479 g/mol. The van der Waals surface area contributed by atoms with Gasteiger partial charge in [-0.15, -0.1) is 0 Å². The zero-order valence-corrected chi connectivity index (χ0v) is 20.6. The van der Waals surface area contributed by atoms with Crippen LogP contribution in [-0.4, -0.2) is 51.0 Å². The predicted molar refractivity (Wildman–Crippen MR) is 128 cm³/mol. The first kappa shape index (κ1) is 25.7. The van der Waals surface area contributed by atoms with Gasteiger partial charge in [0.2, 0.25) is 21.8 Å². The summed E-state index contributed by atoms with van der Waals surface area (Å²) in [6.45, 7) is 5.20. The van der Waals surface area contributed by atoms with Gasteiger partial charge in [0.25, 0.3) is 0 Å². The molecule has 7 nitrogen and oxygen atoms in total. The fourth-order valence-electron chi connectivity index (χ4n) is 3.42. The molecule has 2 rings (SSSR count). The molecule has 0 spiro atoms. The Kier molecular flexibility index (Phi) is 8.69. The first-order chi connectivity index (χ1) is 15.0. The molecule has 0 bridgehead atoms. The number of anilines is 1. The van der Waals surface area contributed by atoms with Crippen molar-refractivity contribution in [2.45, 2.75) is 39.3 Å². The van der Waals surface area contributed by atoms with Gasteiger partial charge in [0, 0.05) is 18.6 Å². The Bertz CT molecular complexity index is 1070. The molecule has 32 heavy (non-hydrogen) atoms. The van der Waals surface area contributed by atoms with E-state index in [2.05, 4.69) is 5.32 Å². The molecule has 0 aliphatic heterocycles. The average Bonchev–Trinajstić information content (AvgIpc) is 2.73. The van der Waals surface area contributed by atoms with E-state index in [-0.39, 0.29) is 18.4 Å². The van der Waals surface area contributed by atoms with Crippen molar-refractivity contribution in [1.82, 2.24) is 10.2 Å². The largest absolute Gasteiger partial charge is 0.357 e. The molecule has 0 aliphatic rings. The van der Waals surface area contributed by atoms with Crippen LogP contribution in [0.3, 0.4) is 0 Å². The minimum absolute atomic E-state index is 0.0536. The number of sulfonamides is 1. The molecule has 0 radical (unpaired) electrons. The molecular formula is C23H30ClN3O4S. The molecule has 0 aromatic heterocycles. The van der Waals surface area contributed by atoms with Crippen molar-refractivity contribution in [3.05, 3.63) is 64.7 Å². The number of benzene rings is 2. The Morgan fingerprint density at radius 1 is 1.06 bits per heavy atom. The molecule has 0 saturated heterocycles. The summed E-state index contributed by atoms with van der Waals surface area (Å²) in [6.07, 6.45) is 1.07. The molecule has 0 saturated carbocycles. The van der Waals surface area contributed by atoms with Gasteiger partial charge in [-0.25, -0.2) is 8.42 Å². The van der Waals surface area contributed by atoms with Gasteiger partial charge in [-0.1, -0.05) is 55.8 Å². The maximum absolute atomic E-state index is 13.4. The van der Waals surface area contributed by atoms with Gasteiger partial charge in [-0.2, -0.15) is 0 Å². The number of likely N-dealkylation sites (N-methyl/N-ethyl adjacent to an activating group) is 1. The average molecular weight is 480 g/mol. The summed E-state index contributed by atoms with van der Waals surface area (Å²) >= 11 is 6.08. The van der Waals surface area contributed by atoms with E-state index >= 15 is 0 Å². The number of rotatable bonds is 9. The fraction of sp³-hybridized carbons (Fsp3) is 0.391. The zero-order chi connectivity index (χ0) is 24.1. The summed E-state index contributed by atoms with van der Waals surface area (Å²) in [5.41, 5.74) is 2.00. The summed E-state index contributed by atoms with van der Waals surface area (Å²) < 4.78 is 26.5. The highest BCUT2D eigenvalue weighted by Crippen LogP contribution is 2.29. The van der Waals surface area contributed by atoms with Gasteiger partial charge < -0.3 is 10.2 Å². The Balaban J connectivity index is 2.45. The summed E-state index contributed by atoms with van der Waals surface area (Å²) in [5.74, 6) is -0.795. The topological polar surface area (TPSA) is 86.8 Å². The second kappa shape index (κ2) is 10.8. The van der Waals surface area contributed by atoms with Crippen molar-refractivity contribution in [2.24, 2.45) is 0 Å². The number of para-hydroxylation sites is 1. The quantitative estimate of drug-likeness (QED) is 0.597. The summed E-state index contributed by atoms with van der Waals surface area (Å²) in [5, 5.41) is 3.05. The van der Waals surface area contributed by atoms with Crippen molar-refractivity contribution in [3.8, 4) is 0 Å². The van der Waals surface area contributed by atoms with Crippen LogP contribution in [0, 0.1) is 0 Å². The molecule has 0 fully saturated rings. The lowest BCUT2D eigenvalue weighted by Crippen LogP contribution is -2.50. The summed E-state index contributed by atoms with van der Waals surface area (Å²) in [7, 11) is -2.28. The molecule has 1 N–H and O–H groups in total. The number of amides is 2. The third-order valence-electron chi connectivity index (χ3n) is 5.16. The Hall–Kier alpha value is -2.58. The van der Waals surface area contributed by atoms with Crippen molar-refractivity contribution in [3.63, 3.8) is 0 Å². The van der Waals surface area contributed by atoms with E-state index in [1.54, 1.807) is 43.3 Å². The highest BCUT2D eigenvalue weighted by molar-refractivity contribution is 7.92. The van der Waals surface area contributed by atoms with Gasteiger partial charge in [0.1, 0.15) is 12.6 Å². The van der Waals surface area contributed by atoms with E-state index in [0.717, 1.165) is 21.7 Å². The predicted octanol–water partition coefficient (Wildman–Crippen LogP) is 3.39. The second-order valence-corrected chi connectivity index (χ2v) is 10.3. The minimum atomic E-state index is -3.77. The van der Waals surface area contributed by atoms with E-state index in [1.807, 2.05) is 26.0 Å².